The molecule has 2 aromatic carbocycles. The number of thioether (sulfide) groups is 1. The molecule has 0 fully saturated rings. The molecule has 0 aliphatic carbocycles. The van der Waals surface area contributed by atoms with Gasteiger partial charge in [0.05, 0.1) is 11.3 Å². The zero-order valence-corrected chi connectivity index (χ0v) is 15.5. The van der Waals surface area contributed by atoms with Gasteiger partial charge in [0.2, 0.25) is 0 Å². The first-order valence-electron chi connectivity index (χ1n) is 8.68. The molecule has 0 saturated heterocycles. The minimum absolute atomic E-state index is 0.0746. The molecule has 3 heterocycles. The van der Waals surface area contributed by atoms with Crippen LogP contribution in [0.2, 0.25) is 0 Å². The fourth-order valence-electron chi connectivity index (χ4n) is 3.48. The average molecular weight is 372 g/mol. The minimum atomic E-state index is 0.0746. The highest BCUT2D eigenvalue weighted by Crippen LogP contribution is 2.27. The Kier molecular flexibility index (Phi) is 3.72. The van der Waals surface area contributed by atoms with Crippen LogP contribution in [-0.4, -0.2) is 31.1 Å². The topological polar surface area (TPSA) is 63.0 Å². The third-order valence-electron chi connectivity index (χ3n) is 4.80. The van der Waals surface area contributed by atoms with Crippen molar-refractivity contribution < 1.29 is 4.79 Å². The molecule has 5 rings (SSSR count). The Hall–Kier alpha value is -3.12. The number of H-pyrrole nitrogens is 1. The maximum Gasteiger partial charge on any atom is 0.196 e. The summed E-state index contributed by atoms with van der Waals surface area (Å²) in [6.07, 6.45) is 1.79. The number of para-hydroxylation sites is 2. The number of hydrogen-bond acceptors (Lipinski definition) is 4. The first kappa shape index (κ1) is 16.1. The first-order valence-corrected chi connectivity index (χ1v) is 9.66. The van der Waals surface area contributed by atoms with Gasteiger partial charge in [-0.25, -0.2) is 0 Å². The molecule has 1 N–H and O–H groups in total. The number of rotatable bonds is 4. The lowest BCUT2D eigenvalue weighted by atomic mass is 10.1. The highest BCUT2D eigenvalue weighted by Gasteiger charge is 2.16. The number of carbonyl (C=O) groups is 1. The van der Waals surface area contributed by atoms with Crippen LogP contribution in [-0.2, 0) is 0 Å². The molecular weight excluding hydrogens is 356 g/mol. The van der Waals surface area contributed by atoms with Crippen molar-refractivity contribution in [1.29, 1.82) is 0 Å². The summed E-state index contributed by atoms with van der Waals surface area (Å²) in [7, 11) is 0. The van der Waals surface area contributed by atoms with Crippen molar-refractivity contribution in [1.82, 2.24) is 19.6 Å². The van der Waals surface area contributed by atoms with E-state index in [1.165, 1.54) is 11.8 Å². The van der Waals surface area contributed by atoms with Crippen LogP contribution in [0.1, 0.15) is 15.9 Å². The molecule has 0 spiro atoms. The van der Waals surface area contributed by atoms with E-state index in [1.807, 2.05) is 46.9 Å². The van der Waals surface area contributed by atoms with Crippen LogP contribution in [0, 0.1) is 6.92 Å². The monoisotopic (exact) mass is 372 g/mol. The number of fused-ring (bicyclic) bond motifs is 4. The van der Waals surface area contributed by atoms with Crippen molar-refractivity contribution in [2.75, 3.05) is 5.75 Å². The third-order valence-corrected chi connectivity index (χ3v) is 5.72. The molecule has 27 heavy (non-hydrogen) atoms. The quantitative estimate of drug-likeness (QED) is 0.368. The summed E-state index contributed by atoms with van der Waals surface area (Å²) in [6, 6.07) is 18.1. The molecular formula is C21H16N4OS. The summed E-state index contributed by atoms with van der Waals surface area (Å²) in [4.78, 5) is 15.9. The Labute approximate surface area is 159 Å². The molecule has 132 valence electrons. The fourth-order valence-corrected chi connectivity index (χ4v) is 4.31. The lowest BCUT2D eigenvalue weighted by Crippen LogP contribution is -2.02. The number of aromatic amines is 1. The van der Waals surface area contributed by atoms with Crippen LogP contribution < -0.4 is 0 Å². The van der Waals surface area contributed by atoms with Gasteiger partial charge in [0.1, 0.15) is 0 Å². The average Bonchev–Trinajstić information content (AvgIpc) is 3.30. The van der Waals surface area contributed by atoms with Crippen LogP contribution in [0.5, 0.6) is 0 Å². The maximum atomic E-state index is 12.8. The van der Waals surface area contributed by atoms with Gasteiger partial charge in [-0.3, -0.25) is 9.20 Å². The lowest BCUT2D eigenvalue weighted by Gasteiger charge is -2.07. The first-order chi connectivity index (χ1) is 13.2. The molecule has 0 bridgehead atoms. The number of nitrogens with zero attached hydrogens (tertiary/aromatic N) is 3. The van der Waals surface area contributed by atoms with Gasteiger partial charge >= 0.3 is 0 Å². The van der Waals surface area contributed by atoms with E-state index in [-0.39, 0.29) is 5.78 Å². The standard InChI is InChI=1S/C21H16N4OS/c1-13-10-20-23-24-21(25(20)18-9-5-3-6-14(13)18)27-12-19(26)16-11-22-17-8-4-2-7-15(16)17/h2-11,22H,12H2,1H3. The number of pyridine rings is 1. The third kappa shape index (κ3) is 2.61. The number of aromatic nitrogens is 4. The second-order valence-corrected chi connectivity index (χ2v) is 7.42. The van der Waals surface area contributed by atoms with Crippen LogP contribution >= 0.6 is 11.8 Å². The number of nitrogens with one attached hydrogen (secondary N) is 1. The summed E-state index contributed by atoms with van der Waals surface area (Å²) in [5, 5.41) is 11.5. The van der Waals surface area contributed by atoms with Crippen molar-refractivity contribution in [2.24, 2.45) is 0 Å². The maximum absolute atomic E-state index is 12.8. The number of carbonyl (C=O) groups excluding carboxylic acids is 1. The summed E-state index contributed by atoms with van der Waals surface area (Å²) < 4.78 is 2.02. The molecule has 3 aromatic heterocycles. The van der Waals surface area contributed by atoms with Crippen molar-refractivity contribution in [3.63, 3.8) is 0 Å². The second-order valence-electron chi connectivity index (χ2n) is 6.48. The van der Waals surface area contributed by atoms with Gasteiger partial charge in [0, 0.05) is 28.0 Å². The second kappa shape index (κ2) is 6.25. The van der Waals surface area contributed by atoms with E-state index in [9.17, 15) is 4.79 Å². The van der Waals surface area contributed by atoms with E-state index in [1.54, 1.807) is 6.20 Å². The van der Waals surface area contributed by atoms with Crippen molar-refractivity contribution in [2.45, 2.75) is 12.1 Å². The number of aryl methyl sites for hydroxylation is 1. The summed E-state index contributed by atoms with van der Waals surface area (Å²) in [6.45, 7) is 2.07. The van der Waals surface area contributed by atoms with E-state index in [2.05, 4.69) is 34.2 Å². The summed E-state index contributed by atoms with van der Waals surface area (Å²) in [5.74, 6) is 0.385. The summed E-state index contributed by atoms with van der Waals surface area (Å²) in [5.41, 5.74) is 4.71. The predicted octanol–water partition coefficient (Wildman–Crippen LogP) is 4.65. The van der Waals surface area contributed by atoms with Crippen molar-refractivity contribution in [3.05, 3.63) is 71.9 Å². The normalized spacial score (nSPS) is 11.6. The van der Waals surface area contributed by atoms with Crippen LogP contribution in [0.3, 0.4) is 0 Å². The Bertz CT molecular complexity index is 1320. The Morgan fingerprint density at radius 2 is 1.85 bits per heavy atom. The van der Waals surface area contributed by atoms with Crippen LogP contribution in [0.15, 0.2) is 66.0 Å². The van der Waals surface area contributed by atoms with E-state index < -0.39 is 0 Å². The van der Waals surface area contributed by atoms with Gasteiger partial charge in [-0.15, -0.1) is 10.2 Å². The zero-order chi connectivity index (χ0) is 18.4. The zero-order valence-electron chi connectivity index (χ0n) is 14.6. The minimum Gasteiger partial charge on any atom is -0.360 e. The molecule has 0 unspecified atom stereocenters. The van der Waals surface area contributed by atoms with Gasteiger partial charge < -0.3 is 4.98 Å². The van der Waals surface area contributed by atoms with Crippen molar-refractivity contribution >= 4 is 45.0 Å². The van der Waals surface area contributed by atoms with Crippen molar-refractivity contribution in [3.8, 4) is 0 Å². The molecule has 5 nitrogen and oxygen atoms in total. The fraction of sp³-hybridized carbons (Fsp3) is 0.0952. The molecule has 0 saturated carbocycles. The lowest BCUT2D eigenvalue weighted by molar-refractivity contribution is 0.102. The highest BCUT2D eigenvalue weighted by atomic mass is 32.2. The van der Waals surface area contributed by atoms with Gasteiger partial charge in [-0.05, 0) is 30.7 Å². The predicted molar refractivity (Wildman–Crippen MR) is 109 cm³/mol. The number of benzene rings is 2. The molecule has 0 radical (unpaired) electrons. The molecule has 0 amide bonds. The Morgan fingerprint density at radius 1 is 1.07 bits per heavy atom. The smallest absolute Gasteiger partial charge is 0.196 e. The van der Waals surface area contributed by atoms with E-state index in [0.29, 0.717) is 11.3 Å². The SMILES string of the molecule is Cc1cc2nnc(SCC(=O)c3c[nH]c4ccccc34)n2c2ccccc12. The number of Topliss-reactive ketones (excluding diaryl/α,β-unsaturated/α-hetero) is 1. The van der Waals surface area contributed by atoms with E-state index in [4.69, 9.17) is 0 Å². The molecule has 0 aliphatic rings. The van der Waals surface area contributed by atoms with Crippen LogP contribution in [0.25, 0.3) is 27.5 Å². The summed E-state index contributed by atoms with van der Waals surface area (Å²) >= 11 is 1.42. The van der Waals surface area contributed by atoms with Gasteiger partial charge in [-0.2, -0.15) is 0 Å². The van der Waals surface area contributed by atoms with Gasteiger partial charge in [0.15, 0.2) is 16.6 Å². The molecule has 0 atom stereocenters. The number of ketones is 1. The highest BCUT2D eigenvalue weighted by molar-refractivity contribution is 7.99. The van der Waals surface area contributed by atoms with Gasteiger partial charge in [0.25, 0.3) is 0 Å². The van der Waals surface area contributed by atoms with Gasteiger partial charge in [-0.1, -0.05) is 48.2 Å². The molecule has 0 aliphatic heterocycles. The van der Waals surface area contributed by atoms with Crippen LogP contribution in [0.4, 0.5) is 0 Å². The Morgan fingerprint density at radius 3 is 2.74 bits per heavy atom. The number of hydrogen-bond donors (Lipinski definition) is 1. The van der Waals surface area contributed by atoms with E-state index >= 15 is 0 Å². The van der Waals surface area contributed by atoms with E-state index in [0.717, 1.165) is 38.2 Å². The Balaban J connectivity index is 1.50. The largest absolute Gasteiger partial charge is 0.360 e. The molecule has 6 heteroatoms. The molecule has 5 aromatic rings.